The lowest BCUT2D eigenvalue weighted by molar-refractivity contribution is -0.144. The van der Waals surface area contributed by atoms with Gasteiger partial charge in [0.1, 0.15) is 6.10 Å². The van der Waals surface area contributed by atoms with Crippen LogP contribution in [0, 0.1) is 0 Å². The Morgan fingerprint density at radius 1 is 1.40 bits per heavy atom. The molecule has 2 saturated heterocycles. The monoisotopic (exact) mass is 230 g/mol. The number of thioether (sulfide) groups is 1. The molecule has 5 heteroatoms. The first-order chi connectivity index (χ1) is 7.38. The number of carbonyl (C=O) groups excluding carboxylic acids is 1. The molecule has 15 heavy (non-hydrogen) atoms. The SMILES string of the molecule is O=C([C@H]1CNCCO1)N1CCCSCC1. The highest BCUT2D eigenvalue weighted by Crippen LogP contribution is 2.12. The maximum absolute atomic E-state index is 12.1. The molecule has 2 rings (SSSR count). The van der Waals surface area contributed by atoms with Crippen LogP contribution in [-0.2, 0) is 9.53 Å². The first-order valence-electron chi connectivity index (χ1n) is 5.57. The summed E-state index contributed by atoms with van der Waals surface area (Å²) in [6.45, 7) is 3.95. The Kier molecular flexibility index (Phi) is 4.29. The summed E-state index contributed by atoms with van der Waals surface area (Å²) in [6.07, 6.45) is 0.859. The van der Waals surface area contributed by atoms with E-state index in [1.54, 1.807) is 0 Å². The van der Waals surface area contributed by atoms with Gasteiger partial charge >= 0.3 is 0 Å². The van der Waals surface area contributed by atoms with Gasteiger partial charge in [-0.15, -0.1) is 0 Å². The third kappa shape index (κ3) is 3.09. The third-order valence-electron chi connectivity index (χ3n) is 2.74. The number of nitrogens with one attached hydrogen (secondary N) is 1. The Morgan fingerprint density at radius 2 is 2.33 bits per heavy atom. The van der Waals surface area contributed by atoms with E-state index < -0.39 is 0 Å². The van der Waals surface area contributed by atoms with Crippen LogP contribution in [0.15, 0.2) is 0 Å². The van der Waals surface area contributed by atoms with Crippen molar-refractivity contribution in [3.8, 4) is 0 Å². The summed E-state index contributed by atoms with van der Waals surface area (Å²) in [6, 6.07) is 0. The molecule has 0 aromatic carbocycles. The fourth-order valence-corrected chi connectivity index (χ4v) is 2.78. The number of amides is 1. The van der Waals surface area contributed by atoms with E-state index >= 15 is 0 Å². The van der Waals surface area contributed by atoms with Crippen LogP contribution in [0.4, 0.5) is 0 Å². The van der Waals surface area contributed by atoms with E-state index in [0.717, 1.165) is 31.8 Å². The summed E-state index contributed by atoms with van der Waals surface area (Å²) in [7, 11) is 0. The topological polar surface area (TPSA) is 41.6 Å². The van der Waals surface area contributed by atoms with Crippen LogP contribution in [0.5, 0.6) is 0 Å². The van der Waals surface area contributed by atoms with Gasteiger partial charge in [-0.1, -0.05) is 0 Å². The van der Waals surface area contributed by atoms with Crippen molar-refractivity contribution in [3.05, 3.63) is 0 Å². The lowest BCUT2D eigenvalue weighted by Crippen LogP contribution is -2.49. The molecule has 0 bridgehead atoms. The van der Waals surface area contributed by atoms with Gasteiger partial charge in [-0.25, -0.2) is 0 Å². The lowest BCUT2D eigenvalue weighted by atomic mass is 10.2. The van der Waals surface area contributed by atoms with E-state index in [2.05, 4.69) is 5.32 Å². The standard InChI is InChI=1S/C10H18N2O2S/c13-10(9-8-11-2-5-14-9)12-3-1-6-15-7-4-12/h9,11H,1-8H2/t9-/m1/s1. The number of hydrogen-bond donors (Lipinski definition) is 1. The van der Waals surface area contributed by atoms with Gasteiger partial charge < -0.3 is 15.0 Å². The highest BCUT2D eigenvalue weighted by molar-refractivity contribution is 7.99. The van der Waals surface area contributed by atoms with Crippen molar-refractivity contribution in [2.24, 2.45) is 0 Å². The summed E-state index contributed by atoms with van der Waals surface area (Å²) in [5, 5.41) is 3.19. The summed E-state index contributed by atoms with van der Waals surface area (Å²) in [5.41, 5.74) is 0. The number of rotatable bonds is 1. The molecule has 2 aliphatic rings. The second-order valence-electron chi connectivity index (χ2n) is 3.85. The van der Waals surface area contributed by atoms with Gasteiger partial charge in [0.2, 0.25) is 0 Å². The van der Waals surface area contributed by atoms with E-state index in [4.69, 9.17) is 4.74 Å². The molecule has 2 fully saturated rings. The average Bonchev–Trinajstić information content (AvgIpc) is 2.58. The van der Waals surface area contributed by atoms with Gasteiger partial charge in [0.05, 0.1) is 6.61 Å². The van der Waals surface area contributed by atoms with Crippen LogP contribution in [0.1, 0.15) is 6.42 Å². The van der Waals surface area contributed by atoms with Crippen molar-refractivity contribution < 1.29 is 9.53 Å². The zero-order valence-corrected chi connectivity index (χ0v) is 9.72. The molecule has 86 valence electrons. The van der Waals surface area contributed by atoms with Crippen LogP contribution in [0.3, 0.4) is 0 Å². The van der Waals surface area contributed by atoms with Gasteiger partial charge in [-0.2, -0.15) is 11.8 Å². The Hall–Kier alpha value is -0.260. The van der Waals surface area contributed by atoms with Crippen molar-refractivity contribution in [1.29, 1.82) is 0 Å². The molecule has 0 saturated carbocycles. The average molecular weight is 230 g/mol. The molecule has 0 spiro atoms. The molecule has 0 aromatic heterocycles. The molecule has 4 nitrogen and oxygen atoms in total. The number of nitrogens with zero attached hydrogens (tertiary/aromatic N) is 1. The van der Waals surface area contributed by atoms with Crippen LogP contribution in [-0.4, -0.2) is 61.2 Å². The Bertz CT molecular complexity index is 211. The van der Waals surface area contributed by atoms with Crippen LogP contribution >= 0.6 is 11.8 Å². The van der Waals surface area contributed by atoms with Crippen LogP contribution in [0.25, 0.3) is 0 Å². The molecular weight excluding hydrogens is 212 g/mol. The predicted octanol–water partition coefficient (Wildman–Crippen LogP) is -0.0597. The molecule has 2 aliphatic heterocycles. The van der Waals surface area contributed by atoms with Gasteiger partial charge in [-0.3, -0.25) is 4.79 Å². The highest BCUT2D eigenvalue weighted by Gasteiger charge is 2.26. The van der Waals surface area contributed by atoms with E-state index in [-0.39, 0.29) is 12.0 Å². The molecule has 0 aliphatic carbocycles. The third-order valence-corrected chi connectivity index (χ3v) is 3.79. The molecule has 1 atom stereocenters. The Labute approximate surface area is 94.7 Å². The summed E-state index contributed by atoms with van der Waals surface area (Å²) in [4.78, 5) is 14.0. The molecule has 0 unspecified atom stereocenters. The smallest absolute Gasteiger partial charge is 0.253 e. The van der Waals surface area contributed by atoms with Gasteiger partial charge in [0, 0.05) is 31.9 Å². The summed E-state index contributed by atoms with van der Waals surface area (Å²) < 4.78 is 5.47. The van der Waals surface area contributed by atoms with E-state index in [9.17, 15) is 4.79 Å². The molecule has 1 N–H and O–H groups in total. The zero-order valence-electron chi connectivity index (χ0n) is 8.91. The number of morpholine rings is 1. The van der Waals surface area contributed by atoms with Crippen molar-refractivity contribution in [2.75, 3.05) is 44.3 Å². The Balaban J connectivity index is 1.87. The van der Waals surface area contributed by atoms with E-state index in [1.807, 2.05) is 16.7 Å². The minimum Gasteiger partial charge on any atom is -0.366 e. The van der Waals surface area contributed by atoms with Crippen molar-refractivity contribution in [2.45, 2.75) is 12.5 Å². The summed E-state index contributed by atoms with van der Waals surface area (Å²) >= 11 is 1.93. The van der Waals surface area contributed by atoms with Gasteiger partial charge in [0.25, 0.3) is 5.91 Å². The van der Waals surface area contributed by atoms with E-state index in [0.29, 0.717) is 13.2 Å². The molecule has 0 aromatic rings. The lowest BCUT2D eigenvalue weighted by Gasteiger charge is -2.28. The maximum atomic E-state index is 12.1. The van der Waals surface area contributed by atoms with Crippen molar-refractivity contribution >= 4 is 17.7 Å². The fraction of sp³-hybridized carbons (Fsp3) is 0.900. The molecule has 2 heterocycles. The van der Waals surface area contributed by atoms with Crippen LogP contribution < -0.4 is 5.32 Å². The van der Waals surface area contributed by atoms with Gasteiger partial charge in [-0.05, 0) is 12.2 Å². The largest absolute Gasteiger partial charge is 0.366 e. The van der Waals surface area contributed by atoms with Gasteiger partial charge in [0.15, 0.2) is 0 Å². The van der Waals surface area contributed by atoms with Crippen LogP contribution in [0.2, 0.25) is 0 Å². The highest BCUT2D eigenvalue weighted by atomic mass is 32.2. The maximum Gasteiger partial charge on any atom is 0.253 e. The fourth-order valence-electron chi connectivity index (χ4n) is 1.89. The second kappa shape index (κ2) is 5.72. The minimum atomic E-state index is -0.248. The first kappa shape index (κ1) is 11.2. The number of hydrogen-bond acceptors (Lipinski definition) is 4. The number of carbonyl (C=O) groups is 1. The first-order valence-corrected chi connectivity index (χ1v) is 6.72. The van der Waals surface area contributed by atoms with Crippen molar-refractivity contribution in [3.63, 3.8) is 0 Å². The zero-order chi connectivity index (χ0) is 10.5. The molecule has 0 radical (unpaired) electrons. The Morgan fingerprint density at radius 3 is 3.13 bits per heavy atom. The van der Waals surface area contributed by atoms with E-state index in [1.165, 1.54) is 5.75 Å². The number of ether oxygens (including phenoxy) is 1. The second-order valence-corrected chi connectivity index (χ2v) is 5.08. The molecule has 1 amide bonds. The molecular formula is C10H18N2O2S. The minimum absolute atomic E-state index is 0.171. The van der Waals surface area contributed by atoms with Crippen molar-refractivity contribution in [1.82, 2.24) is 10.2 Å². The predicted molar refractivity (Wildman–Crippen MR) is 61.1 cm³/mol. The quantitative estimate of drug-likeness (QED) is 0.685. The summed E-state index contributed by atoms with van der Waals surface area (Å²) in [5.74, 6) is 2.41. The normalized spacial score (nSPS) is 28.5.